The Morgan fingerprint density at radius 1 is 1.53 bits per heavy atom. The topological polar surface area (TPSA) is 42.2 Å². The van der Waals surface area contributed by atoms with Gasteiger partial charge in [-0.25, -0.2) is 0 Å². The van der Waals surface area contributed by atoms with E-state index >= 15 is 0 Å². The van der Waals surface area contributed by atoms with E-state index in [4.69, 9.17) is 14.7 Å². The van der Waals surface area contributed by atoms with Gasteiger partial charge in [0.2, 0.25) is 0 Å². The summed E-state index contributed by atoms with van der Waals surface area (Å²) >= 11 is 0. The third-order valence-corrected chi connectivity index (χ3v) is 2.65. The zero-order valence-corrected chi connectivity index (χ0v) is 8.75. The van der Waals surface area contributed by atoms with Crippen LogP contribution in [0.5, 0.6) is 11.5 Å². The molecule has 1 aromatic carbocycles. The molecule has 0 amide bonds. The largest absolute Gasteiger partial charge is 0.493 e. The summed E-state index contributed by atoms with van der Waals surface area (Å²) < 4.78 is 10.8. The van der Waals surface area contributed by atoms with Crippen molar-refractivity contribution in [3.8, 4) is 17.6 Å². The molecule has 0 unspecified atom stereocenters. The van der Waals surface area contributed by atoms with Crippen molar-refractivity contribution < 1.29 is 9.47 Å². The minimum Gasteiger partial charge on any atom is -0.493 e. The lowest BCUT2D eigenvalue weighted by molar-refractivity contribution is 0.326. The van der Waals surface area contributed by atoms with Gasteiger partial charge in [-0.05, 0) is 18.1 Å². The van der Waals surface area contributed by atoms with Crippen LogP contribution >= 0.6 is 0 Å². The van der Waals surface area contributed by atoms with Gasteiger partial charge in [-0.1, -0.05) is 6.07 Å². The molecule has 2 rings (SSSR count). The molecule has 1 aliphatic rings. The van der Waals surface area contributed by atoms with Crippen LogP contribution in [0.4, 0.5) is 0 Å². The first-order valence-corrected chi connectivity index (χ1v) is 5.05. The SMILES string of the molecule is COc1ccc(CCC#N)c2c1OCC2. The molecule has 0 atom stereocenters. The van der Waals surface area contributed by atoms with Crippen LogP contribution < -0.4 is 9.47 Å². The molecule has 0 fully saturated rings. The van der Waals surface area contributed by atoms with Crippen molar-refractivity contribution >= 4 is 0 Å². The zero-order valence-electron chi connectivity index (χ0n) is 8.75. The number of hydrogen-bond acceptors (Lipinski definition) is 3. The molecule has 0 N–H and O–H groups in total. The van der Waals surface area contributed by atoms with Crippen molar-refractivity contribution in [2.45, 2.75) is 19.3 Å². The summed E-state index contributed by atoms with van der Waals surface area (Å²) in [6.45, 7) is 0.718. The minimum absolute atomic E-state index is 0.554. The molecule has 15 heavy (non-hydrogen) atoms. The van der Waals surface area contributed by atoms with Gasteiger partial charge in [0, 0.05) is 18.4 Å². The molecule has 1 aliphatic heterocycles. The van der Waals surface area contributed by atoms with Gasteiger partial charge in [0.25, 0.3) is 0 Å². The average molecular weight is 203 g/mol. The van der Waals surface area contributed by atoms with Gasteiger partial charge in [-0.2, -0.15) is 5.26 Å². The van der Waals surface area contributed by atoms with Crippen LogP contribution in [-0.2, 0) is 12.8 Å². The highest BCUT2D eigenvalue weighted by atomic mass is 16.5. The summed E-state index contributed by atoms with van der Waals surface area (Å²) in [5, 5.41) is 8.57. The van der Waals surface area contributed by atoms with E-state index in [1.165, 1.54) is 11.1 Å². The lowest BCUT2D eigenvalue weighted by atomic mass is 10.0. The van der Waals surface area contributed by atoms with Gasteiger partial charge in [0.1, 0.15) is 0 Å². The number of fused-ring (bicyclic) bond motifs is 1. The fraction of sp³-hybridized carbons (Fsp3) is 0.417. The molecular weight excluding hydrogens is 190 g/mol. The summed E-state index contributed by atoms with van der Waals surface area (Å²) in [6.07, 6.45) is 2.28. The highest BCUT2D eigenvalue weighted by Crippen LogP contribution is 2.37. The van der Waals surface area contributed by atoms with Crippen LogP contribution in [0, 0.1) is 11.3 Å². The fourth-order valence-corrected chi connectivity index (χ4v) is 1.92. The number of aryl methyl sites for hydroxylation is 1. The van der Waals surface area contributed by atoms with Gasteiger partial charge in [-0.15, -0.1) is 0 Å². The Morgan fingerprint density at radius 2 is 2.40 bits per heavy atom. The van der Waals surface area contributed by atoms with Gasteiger partial charge in [0.15, 0.2) is 11.5 Å². The summed E-state index contributed by atoms with van der Waals surface area (Å²) in [6, 6.07) is 6.11. The van der Waals surface area contributed by atoms with Crippen LogP contribution in [0.15, 0.2) is 12.1 Å². The third-order valence-electron chi connectivity index (χ3n) is 2.65. The minimum atomic E-state index is 0.554. The monoisotopic (exact) mass is 203 g/mol. The maximum Gasteiger partial charge on any atom is 0.164 e. The number of nitriles is 1. The van der Waals surface area contributed by atoms with Crippen molar-refractivity contribution in [2.75, 3.05) is 13.7 Å². The number of benzene rings is 1. The lowest BCUT2D eigenvalue weighted by Crippen LogP contribution is -1.93. The van der Waals surface area contributed by atoms with Crippen molar-refractivity contribution in [3.05, 3.63) is 23.3 Å². The first kappa shape index (κ1) is 9.85. The molecule has 1 aromatic rings. The van der Waals surface area contributed by atoms with Crippen LogP contribution in [0.2, 0.25) is 0 Å². The van der Waals surface area contributed by atoms with E-state index in [0.717, 1.165) is 30.9 Å². The molecule has 1 heterocycles. The predicted molar refractivity (Wildman–Crippen MR) is 56.1 cm³/mol. The average Bonchev–Trinajstić information content (AvgIpc) is 2.74. The standard InChI is InChI=1S/C12H13NO2/c1-14-11-5-4-9(3-2-7-13)10-6-8-15-12(10)11/h4-5H,2-3,6,8H2,1H3. The summed E-state index contributed by atoms with van der Waals surface area (Å²) in [7, 11) is 1.65. The molecule has 78 valence electrons. The first-order chi connectivity index (χ1) is 7.36. The van der Waals surface area contributed by atoms with Gasteiger partial charge >= 0.3 is 0 Å². The van der Waals surface area contributed by atoms with Crippen molar-refractivity contribution in [3.63, 3.8) is 0 Å². The van der Waals surface area contributed by atoms with E-state index in [0.29, 0.717) is 6.42 Å². The van der Waals surface area contributed by atoms with Crippen LogP contribution in [0.1, 0.15) is 17.5 Å². The van der Waals surface area contributed by atoms with Gasteiger partial charge in [0.05, 0.1) is 19.8 Å². The van der Waals surface area contributed by atoms with Crippen molar-refractivity contribution in [2.24, 2.45) is 0 Å². The molecule has 0 saturated carbocycles. The smallest absolute Gasteiger partial charge is 0.164 e. The maximum atomic E-state index is 8.57. The van der Waals surface area contributed by atoms with Crippen molar-refractivity contribution in [1.29, 1.82) is 5.26 Å². The number of hydrogen-bond donors (Lipinski definition) is 0. The highest BCUT2D eigenvalue weighted by molar-refractivity contribution is 5.52. The number of methoxy groups -OCH3 is 1. The van der Waals surface area contributed by atoms with Crippen LogP contribution in [0.3, 0.4) is 0 Å². The molecule has 0 aromatic heterocycles. The van der Waals surface area contributed by atoms with E-state index in [2.05, 4.69) is 6.07 Å². The van der Waals surface area contributed by atoms with Gasteiger partial charge in [-0.3, -0.25) is 0 Å². The highest BCUT2D eigenvalue weighted by Gasteiger charge is 2.20. The van der Waals surface area contributed by atoms with Crippen LogP contribution in [0.25, 0.3) is 0 Å². The number of nitrogens with zero attached hydrogens (tertiary/aromatic N) is 1. The summed E-state index contributed by atoms with van der Waals surface area (Å²) in [5.74, 6) is 1.66. The molecule has 3 nitrogen and oxygen atoms in total. The Morgan fingerprint density at radius 3 is 3.13 bits per heavy atom. The van der Waals surface area contributed by atoms with E-state index in [1.54, 1.807) is 7.11 Å². The first-order valence-electron chi connectivity index (χ1n) is 5.05. The second kappa shape index (κ2) is 4.22. The van der Waals surface area contributed by atoms with Crippen molar-refractivity contribution in [1.82, 2.24) is 0 Å². The second-order valence-electron chi connectivity index (χ2n) is 3.49. The molecule has 0 saturated heterocycles. The lowest BCUT2D eigenvalue weighted by Gasteiger charge is -2.09. The third kappa shape index (κ3) is 1.75. The molecule has 0 aliphatic carbocycles. The Labute approximate surface area is 89.2 Å². The number of ether oxygens (including phenoxy) is 2. The Kier molecular flexibility index (Phi) is 2.77. The Bertz CT molecular complexity index is 407. The predicted octanol–water partition coefficient (Wildman–Crippen LogP) is 2.09. The quantitative estimate of drug-likeness (QED) is 0.755. The van der Waals surface area contributed by atoms with E-state index in [9.17, 15) is 0 Å². The Balaban J connectivity index is 2.34. The molecular formula is C12H13NO2. The second-order valence-corrected chi connectivity index (χ2v) is 3.49. The summed E-state index contributed by atoms with van der Waals surface area (Å²) in [4.78, 5) is 0. The molecule has 0 spiro atoms. The maximum absolute atomic E-state index is 8.57. The van der Waals surface area contributed by atoms with Crippen LogP contribution in [-0.4, -0.2) is 13.7 Å². The van der Waals surface area contributed by atoms with E-state index in [-0.39, 0.29) is 0 Å². The van der Waals surface area contributed by atoms with Gasteiger partial charge < -0.3 is 9.47 Å². The molecule has 3 heteroatoms. The number of rotatable bonds is 3. The van der Waals surface area contributed by atoms with E-state index < -0.39 is 0 Å². The zero-order chi connectivity index (χ0) is 10.7. The fourth-order valence-electron chi connectivity index (χ4n) is 1.92. The summed E-state index contributed by atoms with van der Waals surface area (Å²) in [5.41, 5.74) is 2.43. The molecule has 0 radical (unpaired) electrons. The Hall–Kier alpha value is -1.69. The van der Waals surface area contributed by atoms with E-state index in [1.807, 2.05) is 12.1 Å². The normalized spacial score (nSPS) is 12.8. The molecule has 0 bridgehead atoms.